The van der Waals surface area contributed by atoms with E-state index in [1.807, 2.05) is 38.1 Å². The predicted octanol–water partition coefficient (Wildman–Crippen LogP) is 2.56. The van der Waals surface area contributed by atoms with E-state index in [1.165, 1.54) is 0 Å². The average molecular weight is 256 g/mol. The maximum absolute atomic E-state index is 11.9. The van der Waals surface area contributed by atoms with E-state index in [2.05, 4.69) is 5.32 Å². The van der Waals surface area contributed by atoms with Crippen LogP contribution in [0.2, 0.25) is 0 Å². The van der Waals surface area contributed by atoms with Gasteiger partial charge >= 0.3 is 0 Å². The molecule has 0 radical (unpaired) electrons. The van der Waals surface area contributed by atoms with Crippen molar-refractivity contribution in [3.8, 4) is 0 Å². The monoisotopic (exact) mass is 256 g/mol. The van der Waals surface area contributed by atoms with Gasteiger partial charge in [0.1, 0.15) is 0 Å². The van der Waals surface area contributed by atoms with Crippen molar-refractivity contribution >= 4 is 11.6 Å². The quantitative estimate of drug-likeness (QED) is 0.867. The van der Waals surface area contributed by atoms with Gasteiger partial charge in [0.15, 0.2) is 0 Å². The smallest absolute Gasteiger partial charge is 0.234 e. The fraction of sp³-hybridized carbons (Fsp3) is 0.267. The molecule has 2 aromatic rings. The number of furan rings is 1. The lowest BCUT2D eigenvalue weighted by Gasteiger charge is -2.17. The summed E-state index contributed by atoms with van der Waals surface area (Å²) < 4.78 is 5.06. The highest BCUT2D eigenvalue weighted by Crippen LogP contribution is 2.38. The van der Waals surface area contributed by atoms with E-state index in [0.717, 1.165) is 22.4 Å². The first-order chi connectivity index (χ1) is 9.00. The van der Waals surface area contributed by atoms with Gasteiger partial charge in [-0.25, -0.2) is 0 Å². The van der Waals surface area contributed by atoms with Crippen LogP contribution in [-0.2, 0) is 10.2 Å². The van der Waals surface area contributed by atoms with Crippen LogP contribution in [0.25, 0.3) is 0 Å². The third-order valence-corrected chi connectivity index (χ3v) is 3.79. The molecule has 0 saturated heterocycles. The Labute approximate surface area is 111 Å². The van der Waals surface area contributed by atoms with E-state index >= 15 is 0 Å². The maximum Gasteiger partial charge on any atom is 0.234 e. The van der Waals surface area contributed by atoms with Crippen LogP contribution in [0.15, 0.2) is 41.2 Å². The van der Waals surface area contributed by atoms with Gasteiger partial charge in [0.05, 0.1) is 24.0 Å². The Bertz CT molecular complexity index is 630. The SMILES string of the molecule is CC1(C)C(=O)Nc2ccc(C(N)c3ccoc3)cc21. The number of nitrogens with one attached hydrogen (secondary N) is 1. The fourth-order valence-corrected chi connectivity index (χ4v) is 2.43. The molecule has 19 heavy (non-hydrogen) atoms. The lowest BCUT2D eigenvalue weighted by atomic mass is 9.84. The fourth-order valence-electron chi connectivity index (χ4n) is 2.43. The summed E-state index contributed by atoms with van der Waals surface area (Å²) in [5.74, 6) is 0.0246. The highest BCUT2D eigenvalue weighted by molar-refractivity contribution is 6.05. The molecule has 2 heterocycles. The van der Waals surface area contributed by atoms with Crippen LogP contribution in [0.3, 0.4) is 0 Å². The molecule has 98 valence electrons. The molecular weight excluding hydrogens is 240 g/mol. The van der Waals surface area contributed by atoms with Crippen LogP contribution in [-0.4, -0.2) is 5.91 Å². The number of anilines is 1. The normalized spacial score (nSPS) is 17.9. The van der Waals surface area contributed by atoms with E-state index in [4.69, 9.17) is 10.2 Å². The number of carbonyl (C=O) groups excluding carboxylic acids is 1. The molecule has 1 unspecified atom stereocenters. The number of carbonyl (C=O) groups is 1. The summed E-state index contributed by atoms with van der Waals surface area (Å²) in [6, 6.07) is 7.47. The lowest BCUT2D eigenvalue weighted by Crippen LogP contribution is -2.27. The van der Waals surface area contributed by atoms with E-state index < -0.39 is 5.41 Å². The minimum atomic E-state index is -0.512. The van der Waals surface area contributed by atoms with Crippen molar-refractivity contribution in [2.24, 2.45) is 5.73 Å². The summed E-state index contributed by atoms with van der Waals surface area (Å²) in [5.41, 5.74) is 9.47. The summed E-state index contributed by atoms with van der Waals surface area (Å²) in [7, 11) is 0. The zero-order valence-electron chi connectivity index (χ0n) is 10.9. The molecule has 0 aliphatic carbocycles. The molecule has 4 heteroatoms. The molecule has 1 amide bonds. The van der Waals surface area contributed by atoms with Crippen LogP contribution in [0.5, 0.6) is 0 Å². The van der Waals surface area contributed by atoms with Crippen LogP contribution >= 0.6 is 0 Å². The molecular formula is C15H16N2O2. The number of benzene rings is 1. The van der Waals surface area contributed by atoms with Crippen molar-refractivity contribution < 1.29 is 9.21 Å². The summed E-state index contributed by atoms with van der Waals surface area (Å²) in [6.45, 7) is 3.84. The summed E-state index contributed by atoms with van der Waals surface area (Å²) in [4.78, 5) is 11.9. The Morgan fingerprint density at radius 3 is 2.74 bits per heavy atom. The first-order valence-electron chi connectivity index (χ1n) is 6.23. The molecule has 0 saturated carbocycles. The number of hydrogen-bond acceptors (Lipinski definition) is 3. The predicted molar refractivity (Wildman–Crippen MR) is 72.8 cm³/mol. The summed E-state index contributed by atoms with van der Waals surface area (Å²) in [6.07, 6.45) is 3.25. The highest BCUT2D eigenvalue weighted by Gasteiger charge is 2.38. The van der Waals surface area contributed by atoms with Crippen LogP contribution in [0.1, 0.15) is 36.6 Å². The van der Waals surface area contributed by atoms with Gasteiger partial charge in [-0.1, -0.05) is 12.1 Å². The molecule has 4 nitrogen and oxygen atoms in total. The molecule has 1 atom stereocenters. The average Bonchev–Trinajstić information content (AvgIpc) is 2.98. The molecule has 1 aliphatic heterocycles. The summed E-state index contributed by atoms with van der Waals surface area (Å²) >= 11 is 0. The second-order valence-corrected chi connectivity index (χ2v) is 5.42. The number of amides is 1. The third kappa shape index (κ3) is 1.76. The molecule has 1 aromatic carbocycles. The zero-order valence-corrected chi connectivity index (χ0v) is 10.9. The van der Waals surface area contributed by atoms with Crippen LogP contribution in [0.4, 0.5) is 5.69 Å². The van der Waals surface area contributed by atoms with Gasteiger partial charge in [0.25, 0.3) is 0 Å². The van der Waals surface area contributed by atoms with Gasteiger partial charge in [-0.2, -0.15) is 0 Å². The molecule has 0 spiro atoms. The Morgan fingerprint density at radius 1 is 1.26 bits per heavy atom. The molecule has 3 N–H and O–H groups in total. The number of rotatable bonds is 2. The molecule has 0 bridgehead atoms. The van der Waals surface area contributed by atoms with Gasteiger partial charge in [0, 0.05) is 11.3 Å². The topological polar surface area (TPSA) is 68.3 Å². The molecule has 0 fully saturated rings. The van der Waals surface area contributed by atoms with Gasteiger partial charge in [0.2, 0.25) is 5.91 Å². The maximum atomic E-state index is 11.9. The minimum absolute atomic E-state index is 0.0246. The largest absolute Gasteiger partial charge is 0.472 e. The van der Waals surface area contributed by atoms with Crippen molar-refractivity contribution in [2.75, 3.05) is 5.32 Å². The molecule has 3 rings (SSSR count). The number of hydrogen-bond donors (Lipinski definition) is 2. The second kappa shape index (κ2) is 3.96. The Kier molecular flexibility index (Phi) is 2.50. The molecule has 1 aliphatic rings. The van der Waals surface area contributed by atoms with Crippen LogP contribution < -0.4 is 11.1 Å². The first kappa shape index (κ1) is 12.0. The number of nitrogens with two attached hydrogens (primary N) is 1. The van der Waals surface area contributed by atoms with Crippen molar-refractivity contribution in [2.45, 2.75) is 25.3 Å². The Balaban J connectivity index is 2.04. The standard InChI is InChI=1S/C15H16N2O2/c1-15(2)11-7-9(3-4-12(11)17-14(15)18)13(16)10-5-6-19-8-10/h3-8,13H,16H2,1-2H3,(H,17,18). The van der Waals surface area contributed by atoms with E-state index in [0.29, 0.717) is 0 Å². The van der Waals surface area contributed by atoms with Gasteiger partial charge in [-0.3, -0.25) is 4.79 Å². The molecule has 1 aromatic heterocycles. The van der Waals surface area contributed by atoms with Crippen molar-refractivity contribution in [3.05, 3.63) is 53.5 Å². The van der Waals surface area contributed by atoms with E-state index in [-0.39, 0.29) is 11.9 Å². The van der Waals surface area contributed by atoms with Crippen LogP contribution in [0, 0.1) is 0 Å². The first-order valence-corrected chi connectivity index (χ1v) is 6.23. The Morgan fingerprint density at radius 2 is 2.05 bits per heavy atom. The van der Waals surface area contributed by atoms with Crippen molar-refractivity contribution in [1.29, 1.82) is 0 Å². The van der Waals surface area contributed by atoms with E-state index in [9.17, 15) is 4.79 Å². The second-order valence-electron chi connectivity index (χ2n) is 5.42. The highest BCUT2D eigenvalue weighted by atomic mass is 16.3. The Hall–Kier alpha value is -2.07. The summed E-state index contributed by atoms with van der Waals surface area (Å²) in [5, 5.41) is 2.89. The number of fused-ring (bicyclic) bond motifs is 1. The van der Waals surface area contributed by atoms with E-state index in [1.54, 1.807) is 12.5 Å². The van der Waals surface area contributed by atoms with Gasteiger partial charge in [-0.15, -0.1) is 0 Å². The zero-order chi connectivity index (χ0) is 13.6. The van der Waals surface area contributed by atoms with Gasteiger partial charge in [-0.05, 0) is 37.1 Å². The van der Waals surface area contributed by atoms with Gasteiger partial charge < -0.3 is 15.5 Å². The lowest BCUT2D eigenvalue weighted by molar-refractivity contribution is -0.119. The minimum Gasteiger partial charge on any atom is -0.472 e. The van der Waals surface area contributed by atoms with Crippen molar-refractivity contribution in [3.63, 3.8) is 0 Å². The van der Waals surface area contributed by atoms with Crippen molar-refractivity contribution in [1.82, 2.24) is 0 Å². The third-order valence-electron chi connectivity index (χ3n) is 3.79.